The van der Waals surface area contributed by atoms with Crippen LogP contribution in [0.5, 0.6) is 11.5 Å². The first-order chi connectivity index (χ1) is 12.8. The lowest BCUT2D eigenvalue weighted by molar-refractivity contribution is 0.171. The van der Waals surface area contributed by atoms with E-state index in [1.54, 1.807) is 12.4 Å². The maximum Gasteiger partial charge on any atom is 0.163 e. The smallest absolute Gasteiger partial charge is 0.163 e. The Balaban J connectivity index is 1.49. The van der Waals surface area contributed by atoms with Crippen LogP contribution in [-0.4, -0.2) is 28.2 Å². The Bertz CT molecular complexity index is 902. The molecule has 0 aliphatic carbocycles. The molecule has 0 atom stereocenters. The first-order valence-electron chi connectivity index (χ1n) is 8.41. The molecule has 2 N–H and O–H groups in total. The van der Waals surface area contributed by atoms with E-state index in [0.717, 1.165) is 28.6 Å². The summed E-state index contributed by atoms with van der Waals surface area (Å²) in [6, 6.07) is 11.6. The summed E-state index contributed by atoms with van der Waals surface area (Å²) >= 11 is 0. The summed E-state index contributed by atoms with van der Waals surface area (Å²) < 4.78 is 11.2. The Morgan fingerprint density at radius 3 is 2.54 bits per heavy atom. The van der Waals surface area contributed by atoms with E-state index in [4.69, 9.17) is 9.47 Å². The zero-order chi connectivity index (χ0) is 17.8. The molecule has 0 saturated heterocycles. The van der Waals surface area contributed by atoms with Gasteiger partial charge in [0, 0.05) is 36.8 Å². The molecule has 2 aromatic heterocycles. The molecule has 0 radical (unpaired) electrons. The third-order valence-electron chi connectivity index (χ3n) is 3.88. The minimum atomic E-state index is 0.562. The van der Waals surface area contributed by atoms with Gasteiger partial charge in [0.05, 0.1) is 0 Å². The molecule has 4 rings (SSSR count). The second-order valence-electron chi connectivity index (χ2n) is 5.88. The van der Waals surface area contributed by atoms with E-state index in [1.807, 2.05) is 43.3 Å². The van der Waals surface area contributed by atoms with E-state index in [2.05, 4.69) is 25.6 Å². The molecule has 0 bridgehead atoms. The molecule has 3 aromatic rings. The van der Waals surface area contributed by atoms with Crippen LogP contribution < -0.4 is 20.1 Å². The van der Waals surface area contributed by atoms with Crippen molar-refractivity contribution in [3.8, 4) is 11.5 Å². The van der Waals surface area contributed by atoms with Crippen LogP contribution in [0.3, 0.4) is 0 Å². The Labute approximate surface area is 151 Å². The van der Waals surface area contributed by atoms with Crippen LogP contribution in [0, 0.1) is 6.92 Å². The molecule has 0 spiro atoms. The van der Waals surface area contributed by atoms with Crippen LogP contribution in [-0.2, 0) is 6.54 Å². The third-order valence-corrected chi connectivity index (χ3v) is 3.88. The first-order valence-corrected chi connectivity index (χ1v) is 8.41. The molecule has 1 aromatic carbocycles. The van der Waals surface area contributed by atoms with Gasteiger partial charge in [-0.1, -0.05) is 0 Å². The normalized spacial score (nSPS) is 12.5. The SMILES string of the molecule is Cc1nc(NCc2ccncc2)cc(Nc2ccc3c(c2)OCCO3)n1. The van der Waals surface area contributed by atoms with E-state index < -0.39 is 0 Å². The van der Waals surface area contributed by atoms with Gasteiger partial charge in [0.25, 0.3) is 0 Å². The summed E-state index contributed by atoms with van der Waals surface area (Å²) in [5.74, 6) is 3.66. The third kappa shape index (κ3) is 3.83. The molecule has 26 heavy (non-hydrogen) atoms. The predicted octanol–water partition coefficient (Wildman–Crippen LogP) is 3.31. The van der Waals surface area contributed by atoms with Crippen LogP contribution in [0.4, 0.5) is 17.3 Å². The fourth-order valence-corrected chi connectivity index (χ4v) is 2.68. The highest BCUT2D eigenvalue weighted by atomic mass is 16.6. The summed E-state index contributed by atoms with van der Waals surface area (Å²) in [4.78, 5) is 12.9. The predicted molar refractivity (Wildman–Crippen MR) is 99.0 cm³/mol. The minimum Gasteiger partial charge on any atom is -0.486 e. The first kappa shape index (κ1) is 16.1. The van der Waals surface area contributed by atoms with Gasteiger partial charge in [0.1, 0.15) is 30.7 Å². The molecule has 3 heterocycles. The quantitative estimate of drug-likeness (QED) is 0.731. The van der Waals surface area contributed by atoms with E-state index in [9.17, 15) is 0 Å². The van der Waals surface area contributed by atoms with E-state index in [1.165, 1.54) is 0 Å². The maximum atomic E-state index is 5.62. The van der Waals surface area contributed by atoms with Crippen molar-refractivity contribution in [1.29, 1.82) is 0 Å². The highest BCUT2D eigenvalue weighted by Gasteiger charge is 2.12. The van der Waals surface area contributed by atoms with Crippen LogP contribution in [0.25, 0.3) is 0 Å². The molecule has 132 valence electrons. The zero-order valence-electron chi connectivity index (χ0n) is 14.4. The number of fused-ring (bicyclic) bond motifs is 1. The number of aryl methyl sites for hydroxylation is 1. The maximum absolute atomic E-state index is 5.62. The van der Waals surface area contributed by atoms with Gasteiger partial charge < -0.3 is 20.1 Å². The van der Waals surface area contributed by atoms with Crippen LogP contribution in [0.1, 0.15) is 11.4 Å². The van der Waals surface area contributed by atoms with Gasteiger partial charge in [-0.2, -0.15) is 0 Å². The van der Waals surface area contributed by atoms with E-state index >= 15 is 0 Å². The van der Waals surface area contributed by atoms with Gasteiger partial charge in [-0.15, -0.1) is 0 Å². The number of nitrogens with zero attached hydrogens (tertiary/aromatic N) is 3. The van der Waals surface area contributed by atoms with E-state index in [0.29, 0.717) is 31.4 Å². The summed E-state index contributed by atoms with van der Waals surface area (Å²) in [5, 5.41) is 6.61. The lowest BCUT2D eigenvalue weighted by Crippen LogP contribution is -2.15. The molecule has 7 nitrogen and oxygen atoms in total. The van der Waals surface area contributed by atoms with Gasteiger partial charge in [0.15, 0.2) is 11.5 Å². The fraction of sp³-hybridized carbons (Fsp3) is 0.211. The zero-order valence-corrected chi connectivity index (χ0v) is 14.4. The van der Waals surface area contributed by atoms with Gasteiger partial charge in [-0.3, -0.25) is 4.98 Å². The van der Waals surface area contributed by atoms with Gasteiger partial charge in [0.2, 0.25) is 0 Å². The number of aromatic nitrogens is 3. The van der Waals surface area contributed by atoms with Crippen molar-refractivity contribution in [3.05, 3.63) is 60.2 Å². The summed E-state index contributed by atoms with van der Waals surface area (Å²) in [6.07, 6.45) is 3.55. The average Bonchev–Trinajstić information content (AvgIpc) is 2.67. The van der Waals surface area contributed by atoms with Crippen molar-refractivity contribution in [1.82, 2.24) is 15.0 Å². The Kier molecular flexibility index (Phi) is 4.51. The van der Waals surface area contributed by atoms with Gasteiger partial charge >= 0.3 is 0 Å². The lowest BCUT2D eigenvalue weighted by atomic mass is 10.2. The van der Waals surface area contributed by atoms with E-state index in [-0.39, 0.29) is 0 Å². The van der Waals surface area contributed by atoms with Crippen molar-refractivity contribution in [2.45, 2.75) is 13.5 Å². The molecular formula is C19H19N5O2. The summed E-state index contributed by atoms with van der Waals surface area (Å²) in [5.41, 5.74) is 2.02. The monoisotopic (exact) mass is 349 g/mol. The van der Waals surface area contributed by atoms with Crippen LogP contribution in [0.2, 0.25) is 0 Å². The van der Waals surface area contributed by atoms with Gasteiger partial charge in [-0.05, 0) is 36.8 Å². The molecular weight excluding hydrogens is 330 g/mol. The van der Waals surface area contributed by atoms with Gasteiger partial charge in [-0.25, -0.2) is 9.97 Å². The second-order valence-corrected chi connectivity index (χ2v) is 5.88. The highest BCUT2D eigenvalue weighted by Crippen LogP contribution is 2.33. The lowest BCUT2D eigenvalue weighted by Gasteiger charge is -2.19. The van der Waals surface area contributed by atoms with Crippen LogP contribution >= 0.6 is 0 Å². The molecule has 1 aliphatic heterocycles. The Hall–Kier alpha value is -3.35. The highest BCUT2D eigenvalue weighted by molar-refractivity contribution is 5.63. The van der Waals surface area contributed by atoms with Crippen molar-refractivity contribution in [3.63, 3.8) is 0 Å². The number of ether oxygens (including phenoxy) is 2. The molecule has 0 amide bonds. The molecule has 0 fully saturated rings. The fourth-order valence-electron chi connectivity index (χ4n) is 2.68. The molecule has 7 heteroatoms. The number of pyridine rings is 1. The Morgan fingerprint density at radius 1 is 0.923 bits per heavy atom. The summed E-state index contributed by atoms with van der Waals surface area (Å²) in [6.45, 7) is 3.68. The minimum absolute atomic E-state index is 0.562. The second kappa shape index (κ2) is 7.26. The van der Waals surface area contributed by atoms with Crippen molar-refractivity contribution in [2.75, 3.05) is 23.8 Å². The molecule has 1 aliphatic rings. The summed E-state index contributed by atoms with van der Waals surface area (Å²) in [7, 11) is 0. The number of hydrogen-bond acceptors (Lipinski definition) is 7. The molecule has 0 saturated carbocycles. The Morgan fingerprint density at radius 2 is 1.69 bits per heavy atom. The topological polar surface area (TPSA) is 81.2 Å². The largest absolute Gasteiger partial charge is 0.486 e. The van der Waals surface area contributed by atoms with Crippen LogP contribution in [0.15, 0.2) is 48.8 Å². The number of rotatable bonds is 5. The number of benzene rings is 1. The standard InChI is InChI=1S/C19H19N5O2/c1-13-22-18(21-12-14-4-6-20-7-5-14)11-19(23-13)24-15-2-3-16-17(10-15)26-9-8-25-16/h2-7,10-11H,8-9,12H2,1H3,(H2,21,22,23,24). The van der Waals surface area contributed by atoms with Crippen molar-refractivity contribution in [2.24, 2.45) is 0 Å². The average molecular weight is 349 g/mol. The van der Waals surface area contributed by atoms with Crippen molar-refractivity contribution >= 4 is 17.3 Å². The number of nitrogens with one attached hydrogen (secondary N) is 2. The molecule has 0 unspecified atom stereocenters. The van der Waals surface area contributed by atoms with Crippen molar-refractivity contribution < 1.29 is 9.47 Å². The number of hydrogen-bond donors (Lipinski definition) is 2. The number of anilines is 3.